The number of benzene rings is 2. The molecule has 28 heavy (non-hydrogen) atoms. The fourth-order valence-corrected chi connectivity index (χ4v) is 5.94. The third kappa shape index (κ3) is 4.35. The lowest BCUT2D eigenvalue weighted by atomic mass is 10.1. The van der Waals surface area contributed by atoms with Crippen molar-refractivity contribution in [3.05, 3.63) is 65.9 Å². The second kappa shape index (κ2) is 8.02. The molecule has 0 aliphatic carbocycles. The first kappa shape index (κ1) is 21.1. The highest BCUT2D eigenvalue weighted by Gasteiger charge is 2.24. The van der Waals surface area contributed by atoms with Gasteiger partial charge in [-0.05, 0) is 18.2 Å². The summed E-state index contributed by atoms with van der Waals surface area (Å²) in [4.78, 5) is 14.2. The molecule has 1 heterocycles. The Morgan fingerprint density at radius 3 is 2.29 bits per heavy atom. The first-order valence-corrected chi connectivity index (χ1v) is 11.0. The average Bonchev–Trinajstić information content (AvgIpc) is 3.01. The first-order valence-electron chi connectivity index (χ1n) is 7.15. The van der Waals surface area contributed by atoms with E-state index in [-0.39, 0.29) is 41.5 Å². The van der Waals surface area contributed by atoms with E-state index in [9.17, 15) is 18.5 Å². The highest BCUT2D eigenvalue weighted by atomic mass is 35.5. The van der Waals surface area contributed by atoms with E-state index in [1.54, 1.807) is 0 Å². The molecule has 0 bridgehead atoms. The molecule has 0 aliphatic heterocycles. The van der Waals surface area contributed by atoms with Crippen molar-refractivity contribution < 1.29 is 13.3 Å². The Labute approximate surface area is 183 Å². The summed E-state index contributed by atoms with van der Waals surface area (Å²) in [6.07, 6.45) is 0. The number of hydrogen-bond donors (Lipinski definition) is 1. The molecule has 13 heteroatoms. The van der Waals surface area contributed by atoms with Gasteiger partial charge in [-0.25, -0.2) is 13.4 Å². The summed E-state index contributed by atoms with van der Waals surface area (Å²) in [5.41, 5.74) is 0.388. The van der Waals surface area contributed by atoms with Crippen LogP contribution in [0, 0.1) is 10.1 Å². The molecular formula is C15H7Cl4N3O4S2. The van der Waals surface area contributed by atoms with Crippen LogP contribution in [0.2, 0.25) is 20.1 Å². The summed E-state index contributed by atoms with van der Waals surface area (Å²) in [6.45, 7) is 0. The van der Waals surface area contributed by atoms with E-state index in [0.29, 0.717) is 5.56 Å². The fourth-order valence-electron chi connectivity index (χ4n) is 2.22. The van der Waals surface area contributed by atoms with Crippen LogP contribution in [-0.4, -0.2) is 18.3 Å². The molecule has 0 saturated heterocycles. The van der Waals surface area contributed by atoms with Gasteiger partial charge in [0.1, 0.15) is 4.90 Å². The SMILES string of the molecule is O=[N+]([O-])c1ccc(Cl)c(-c2csc(NS(=O)(=O)c3c(Cl)cc(Cl)cc3Cl)n2)c1. The Kier molecular flexibility index (Phi) is 6.04. The highest BCUT2D eigenvalue weighted by molar-refractivity contribution is 7.93. The molecule has 0 atom stereocenters. The van der Waals surface area contributed by atoms with Crippen LogP contribution in [-0.2, 0) is 10.0 Å². The molecule has 1 N–H and O–H groups in total. The molecule has 3 aromatic rings. The Balaban J connectivity index is 1.96. The summed E-state index contributed by atoms with van der Waals surface area (Å²) in [6, 6.07) is 6.37. The van der Waals surface area contributed by atoms with Crippen LogP contribution in [0.25, 0.3) is 11.3 Å². The zero-order valence-electron chi connectivity index (χ0n) is 13.3. The van der Waals surface area contributed by atoms with E-state index in [1.165, 1.54) is 35.7 Å². The van der Waals surface area contributed by atoms with E-state index in [1.807, 2.05) is 0 Å². The third-order valence-corrected chi connectivity index (χ3v) is 7.09. The number of aromatic nitrogens is 1. The molecule has 0 unspecified atom stereocenters. The van der Waals surface area contributed by atoms with Crippen molar-refractivity contribution in [2.24, 2.45) is 0 Å². The summed E-state index contributed by atoms with van der Waals surface area (Å²) in [5.74, 6) is 0. The summed E-state index contributed by atoms with van der Waals surface area (Å²) in [5, 5.41) is 12.6. The van der Waals surface area contributed by atoms with E-state index in [2.05, 4.69) is 9.71 Å². The monoisotopic (exact) mass is 497 g/mol. The lowest BCUT2D eigenvalue weighted by molar-refractivity contribution is -0.384. The Bertz CT molecular complexity index is 1170. The second-order valence-corrected chi connectivity index (χ2v) is 9.40. The largest absolute Gasteiger partial charge is 0.270 e. The number of halogens is 4. The van der Waals surface area contributed by atoms with Gasteiger partial charge in [0.15, 0.2) is 5.13 Å². The number of non-ortho nitro benzene ring substituents is 1. The Morgan fingerprint density at radius 2 is 1.68 bits per heavy atom. The van der Waals surface area contributed by atoms with Crippen LogP contribution in [0.15, 0.2) is 40.6 Å². The van der Waals surface area contributed by atoms with E-state index >= 15 is 0 Å². The maximum absolute atomic E-state index is 12.6. The van der Waals surface area contributed by atoms with Gasteiger partial charge in [-0.15, -0.1) is 11.3 Å². The van der Waals surface area contributed by atoms with Gasteiger partial charge in [0.2, 0.25) is 0 Å². The lowest BCUT2D eigenvalue weighted by Crippen LogP contribution is -2.14. The number of nitrogens with zero attached hydrogens (tertiary/aromatic N) is 2. The molecule has 0 fully saturated rings. The molecule has 0 aliphatic rings. The molecule has 7 nitrogen and oxygen atoms in total. The molecule has 1 aromatic heterocycles. The summed E-state index contributed by atoms with van der Waals surface area (Å²) < 4.78 is 27.6. The van der Waals surface area contributed by atoms with E-state index in [4.69, 9.17) is 46.4 Å². The maximum Gasteiger partial charge on any atom is 0.270 e. The van der Waals surface area contributed by atoms with Crippen LogP contribution in [0.5, 0.6) is 0 Å². The van der Waals surface area contributed by atoms with Gasteiger partial charge in [-0.2, -0.15) is 0 Å². The molecule has 0 spiro atoms. The van der Waals surface area contributed by atoms with Gasteiger partial charge in [-0.1, -0.05) is 46.4 Å². The average molecular weight is 499 g/mol. The molecule has 0 saturated carbocycles. The topological polar surface area (TPSA) is 102 Å². The molecule has 146 valence electrons. The highest BCUT2D eigenvalue weighted by Crippen LogP contribution is 2.36. The maximum atomic E-state index is 12.6. The molecule has 0 radical (unpaired) electrons. The van der Waals surface area contributed by atoms with Crippen molar-refractivity contribution in [2.45, 2.75) is 4.90 Å². The molecular weight excluding hydrogens is 492 g/mol. The molecule has 2 aromatic carbocycles. The van der Waals surface area contributed by atoms with Crippen LogP contribution in [0.1, 0.15) is 0 Å². The Hall–Kier alpha value is -1.62. The van der Waals surface area contributed by atoms with Gasteiger partial charge < -0.3 is 0 Å². The minimum Gasteiger partial charge on any atom is -0.258 e. The van der Waals surface area contributed by atoms with Crippen LogP contribution in [0.3, 0.4) is 0 Å². The van der Waals surface area contributed by atoms with Gasteiger partial charge >= 0.3 is 0 Å². The minimum atomic E-state index is -4.16. The zero-order valence-corrected chi connectivity index (χ0v) is 18.0. The summed E-state index contributed by atoms with van der Waals surface area (Å²) >= 11 is 24.8. The van der Waals surface area contributed by atoms with Gasteiger partial charge in [0, 0.05) is 28.1 Å². The number of anilines is 1. The number of sulfonamides is 1. The summed E-state index contributed by atoms with van der Waals surface area (Å²) in [7, 11) is -4.16. The Morgan fingerprint density at radius 1 is 1.04 bits per heavy atom. The number of nitrogens with one attached hydrogen (secondary N) is 1. The fraction of sp³-hybridized carbons (Fsp3) is 0. The number of nitro benzene ring substituents is 1. The number of rotatable bonds is 5. The predicted molar refractivity (Wildman–Crippen MR) is 111 cm³/mol. The van der Waals surface area contributed by atoms with E-state index in [0.717, 1.165) is 11.3 Å². The number of thiazole rings is 1. The van der Waals surface area contributed by atoms with Crippen LogP contribution in [0.4, 0.5) is 10.8 Å². The third-order valence-electron chi connectivity index (χ3n) is 3.39. The lowest BCUT2D eigenvalue weighted by Gasteiger charge is -2.09. The first-order chi connectivity index (χ1) is 13.1. The molecule has 3 rings (SSSR count). The number of nitro groups is 1. The van der Waals surface area contributed by atoms with Crippen LogP contribution >= 0.6 is 57.7 Å². The van der Waals surface area contributed by atoms with Crippen molar-refractivity contribution in [3.8, 4) is 11.3 Å². The smallest absolute Gasteiger partial charge is 0.258 e. The van der Waals surface area contributed by atoms with Gasteiger partial charge in [0.25, 0.3) is 15.7 Å². The van der Waals surface area contributed by atoms with Crippen molar-refractivity contribution in [2.75, 3.05) is 4.72 Å². The van der Waals surface area contributed by atoms with E-state index < -0.39 is 14.9 Å². The van der Waals surface area contributed by atoms with Crippen molar-refractivity contribution in [1.82, 2.24) is 4.98 Å². The quantitative estimate of drug-likeness (QED) is 0.336. The van der Waals surface area contributed by atoms with Crippen molar-refractivity contribution >= 4 is 78.6 Å². The minimum absolute atomic E-state index is 0.000318. The van der Waals surface area contributed by atoms with Crippen molar-refractivity contribution in [3.63, 3.8) is 0 Å². The second-order valence-electron chi connectivity index (χ2n) is 5.26. The standard InChI is InChI=1S/C15H7Cl4N3O4S2/c16-7-3-11(18)14(12(19)4-7)28(25,26)21-15-20-13(6-27-15)9-5-8(22(23)24)1-2-10(9)17/h1-6H,(H,20,21). The molecule has 0 amide bonds. The number of hydrogen-bond acceptors (Lipinski definition) is 6. The normalized spacial score (nSPS) is 11.4. The zero-order chi connectivity index (χ0) is 20.6. The van der Waals surface area contributed by atoms with Gasteiger partial charge in [0.05, 0.1) is 25.7 Å². The predicted octanol–water partition coefficient (Wildman–Crippen LogP) is 6.13. The van der Waals surface area contributed by atoms with Crippen LogP contribution < -0.4 is 4.72 Å². The van der Waals surface area contributed by atoms with Gasteiger partial charge in [-0.3, -0.25) is 14.8 Å². The van der Waals surface area contributed by atoms with Crippen molar-refractivity contribution in [1.29, 1.82) is 0 Å².